The lowest BCUT2D eigenvalue weighted by Crippen LogP contribution is -2.49. The van der Waals surface area contributed by atoms with Crippen LogP contribution in [-0.2, 0) is 15.6 Å². The number of rotatable bonds is 3. The highest BCUT2D eigenvalue weighted by molar-refractivity contribution is 7.85. The summed E-state index contributed by atoms with van der Waals surface area (Å²) < 4.78 is 11.1. The Morgan fingerprint density at radius 3 is 3.00 bits per heavy atom. The molecule has 1 saturated heterocycles. The van der Waals surface area contributed by atoms with Crippen LogP contribution in [0.4, 0.5) is 0 Å². The molecular formula is C7H14N2O2S. The van der Waals surface area contributed by atoms with E-state index in [1.807, 2.05) is 4.90 Å². The van der Waals surface area contributed by atoms with E-state index in [0.29, 0.717) is 18.1 Å². The fourth-order valence-electron chi connectivity index (χ4n) is 1.33. The molecule has 1 aliphatic heterocycles. The molecule has 0 bridgehead atoms. The van der Waals surface area contributed by atoms with Crippen LogP contribution in [0.5, 0.6) is 0 Å². The second-order valence-electron chi connectivity index (χ2n) is 2.84. The monoisotopic (exact) mass is 190 g/mol. The van der Waals surface area contributed by atoms with Gasteiger partial charge in [0, 0.05) is 41.9 Å². The Kier molecular flexibility index (Phi) is 3.84. The third kappa shape index (κ3) is 2.36. The molecule has 2 atom stereocenters. The Hall–Kier alpha value is -0.260. The normalized spacial score (nSPS) is 31.8. The van der Waals surface area contributed by atoms with Crippen LogP contribution in [0.2, 0.25) is 0 Å². The summed E-state index contributed by atoms with van der Waals surface area (Å²) >= 11 is 0. The third-order valence-electron chi connectivity index (χ3n) is 2.01. The van der Waals surface area contributed by atoms with Gasteiger partial charge in [0.25, 0.3) is 0 Å². The first kappa shape index (κ1) is 9.83. The summed E-state index contributed by atoms with van der Waals surface area (Å²) in [6.45, 7) is 2.00. The molecule has 5 heteroatoms. The van der Waals surface area contributed by atoms with E-state index in [1.165, 1.54) is 0 Å². The van der Waals surface area contributed by atoms with Gasteiger partial charge in [-0.25, -0.2) is 0 Å². The van der Waals surface area contributed by atoms with Gasteiger partial charge in [0.15, 0.2) is 0 Å². The minimum Gasteiger partial charge on any atom is -0.329 e. The standard InChI is InChI=1S/C7H14N2O2S/c8-1-2-9-3-4-12(11)6-7(9)5-10/h5,7H,1-4,6,8H2. The van der Waals surface area contributed by atoms with Crippen LogP contribution in [0.1, 0.15) is 0 Å². The summed E-state index contributed by atoms with van der Waals surface area (Å²) in [6.07, 6.45) is 0.868. The van der Waals surface area contributed by atoms with E-state index in [-0.39, 0.29) is 6.04 Å². The highest BCUT2D eigenvalue weighted by Crippen LogP contribution is 2.05. The minimum atomic E-state index is -0.808. The number of nitrogens with two attached hydrogens (primary N) is 1. The van der Waals surface area contributed by atoms with Crippen LogP contribution in [0.3, 0.4) is 0 Å². The zero-order chi connectivity index (χ0) is 8.97. The third-order valence-corrected chi connectivity index (χ3v) is 3.36. The van der Waals surface area contributed by atoms with Crippen molar-refractivity contribution in [3.8, 4) is 0 Å². The summed E-state index contributed by atoms with van der Waals surface area (Å²) in [4.78, 5) is 12.6. The number of aldehydes is 1. The van der Waals surface area contributed by atoms with E-state index in [2.05, 4.69) is 0 Å². The topological polar surface area (TPSA) is 63.4 Å². The average Bonchev–Trinajstić information content (AvgIpc) is 2.08. The van der Waals surface area contributed by atoms with Crippen molar-refractivity contribution in [2.45, 2.75) is 6.04 Å². The summed E-state index contributed by atoms with van der Waals surface area (Å²) in [7, 11) is -0.808. The molecule has 12 heavy (non-hydrogen) atoms. The molecule has 0 aromatic heterocycles. The molecule has 1 heterocycles. The highest BCUT2D eigenvalue weighted by Gasteiger charge is 2.24. The number of carbonyl (C=O) groups excluding carboxylic acids is 1. The van der Waals surface area contributed by atoms with Crippen molar-refractivity contribution in [3.63, 3.8) is 0 Å². The van der Waals surface area contributed by atoms with Crippen molar-refractivity contribution < 1.29 is 9.00 Å². The molecule has 2 unspecified atom stereocenters. The van der Waals surface area contributed by atoms with Gasteiger partial charge in [0.2, 0.25) is 0 Å². The second kappa shape index (κ2) is 4.69. The van der Waals surface area contributed by atoms with Crippen LogP contribution in [0, 0.1) is 0 Å². The van der Waals surface area contributed by atoms with Gasteiger partial charge < -0.3 is 10.5 Å². The second-order valence-corrected chi connectivity index (χ2v) is 4.46. The lowest BCUT2D eigenvalue weighted by atomic mass is 10.3. The lowest BCUT2D eigenvalue weighted by molar-refractivity contribution is -0.111. The fraction of sp³-hybridized carbons (Fsp3) is 0.857. The Morgan fingerprint density at radius 1 is 1.67 bits per heavy atom. The van der Waals surface area contributed by atoms with Gasteiger partial charge in [-0.15, -0.1) is 0 Å². The molecule has 1 aliphatic rings. The maximum atomic E-state index is 11.1. The van der Waals surface area contributed by atoms with Gasteiger partial charge in [-0.05, 0) is 0 Å². The van der Waals surface area contributed by atoms with E-state index >= 15 is 0 Å². The predicted octanol–water partition coefficient (Wildman–Crippen LogP) is -1.42. The van der Waals surface area contributed by atoms with Crippen LogP contribution in [0.25, 0.3) is 0 Å². The molecule has 0 radical (unpaired) electrons. The summed E-state index contributed by atoms with van der Waals surface area (Å²) in [6, 6.07) is -0.178. The van der Waals surface area contributed by atoms with Crippen molar-refractivity contribution in [2.75, 3.05) is 31.1 Å². The minimum absolute atomic E-state index is 0.178. The molecule has 1 fully saturated rings. The summed E-state index contributed by atoms with van der Waals surface area (Å²) in [5, 5.41) is 0. The van der Waals surface area contributed by atoms with Gasteiger partial charge in [-0.1, -0.05) is 0 Å². The maximum Gasteiger partial charge on any atom is 0.138 e. The largest absolute Gasteiger partial charge is 0.329 e. The van der Waals surface area contributed by atoms with E-state index in [0.717, 1.165) is 19.4 Å². The van der Waals surface area contributed by atoms with Crippen LogP contribution < -0.4 is 5.73 Å². The molecule has 1 rings (SSSR count). The van der Waals surface area contributed by atoms with Crippen molar-refractivity contribution >= 4 is 17.1 Å². The number of carbonyl (C=O) groups is 1. The lowest BCUT2D eigenvalue weighted by Gasteiger charge is -2.31. The average molecular weight is 190 g/mol. The molecule has 0 aliphatic carbocycles. The van der Waals surface area contributed by atoms with Crippen molar-refractivity contribution in [1.29, 1.82) is 0 Å². The maximum absolute atomic E-state index is 11.1. The van der Waals surface area contributed by atoms with Gasteiger partial charge in [0.1, 0.15) is 6.29 Å². The molecule has 4 nitrogen and oxygen atoms in total. The molecule has 0 aromatic carbocycles. The van der Waals surface area contributed by atoms with Crippen LogP contribution in [-0.4, -0.2) is 52.6 Å². The Balaban J connectivity index is 2.49. The quantitative estimate of drug-likeness (QED) is 0.555. The zero-order valence-corrected chi connectivity index (χ0v) is 7.76. The first-order valence-electron chi connectivity index (χ1n) is 4.02. The van der Waals surface area contributed by atoms with E-state index in [9.17, 15) is 9.00 Å². The van der Waals surface area contributed by atoms with Crippen LogP contribution >= 0.6 is 0 Å². The number of nitrogens with zero attached hydrogens (tertiary/aromatic N) is 1. The molecule has 0 aromatic rings. The van der Waals surface area contributed by atoms with Gasteiger partial charge in [-0.3, -0.25) is 9.11 Å². The molecule has 0 saturated carbocycles. The number of hydrogen-bond donors (Lipinski definition) is 1. The first-order valence-corrected chi connectivity index (χ1v) is 5.51. The first-order chi connectivity index (χ1) is 5.77. The van der Waals surface area contributed by atoms with E-state index in [4.69, 9.17) is 5.73 Å². The zero-order valence-electron chi connectivity index (χ0n) is 6.94. The van der Waals surface area contributed by atoms with Crippen molar-refractivity contribution in [1.82, 2.24) is 4.90 Å². The molecule has 2 N–H and O–H groups in total. The Morgan fingerprint density at radius 2 is 2.42 bits per heavy atom. The van der Waals surface area contributed by atoms with Gasteiger partial charge in [0.05, 0.1) is 6.04 Å². The molecule has 0 spiro atoms. The fourth-order valence-corrected chi connectivity index (χ4v) is 2.61. The van der Waals surface area contributed by atoms with Crippen LogP contribution in [0.15, 0.2) is 0 Å². The number of hydrogen-bond acceptors (Lipinski definition) is 4. The van der Waals surface area contributed by atoms with Crippen molar-refractivity contribution in [2.24, 2.45) is 5.73 Å². The highest BCUT2D eigenvalue weighted by atomic mass is 32.2. The predicted molar refractivity (Wildman–Crippen MR) is 48.4 cm³/mol. The van der Waals surface area contributed by atoms with Gasteiger partial charge >= 0.3 is 0 Å². The smallest absolute Gasteiger partial charge is 0.138 e. The van der Waals surface area contributed by atoms with E-state index < -0.39 is 10.8 Å². The van der Waals surface area contributed by atoms with Gasteiger partial charge in [-0.2, -0.15) is 0 Å². The molecule has 70 valence electrons. The Labute approximate surface area is 74.6 Å². The van der Waals surface area contributed by atoms with E-state index in [1.54, 1.807) is 0 Å². The summed E-state index contributed by atoms with van der Waals surface area (Å²) in [5.41, 5.74) is 5.38. The summed E-state index contributed by atoms with van der Waals surface area (Å²) in [5.74, 6) is 1.15. The molecular weight excluding hydrogens is 176 g/mol. The molecule has 0 amide bonds. The Bertz CT molecular complexity index is 186. The SMILES string of the molecule is NCCN1CCS(=O)CC1C=O. The van der Waals surface area contributed by atoms with Crippen molar-refractivity contribution in [3.05, 3.63) is 0 Å².